The second-order valence-electron chi connectivity index (χ2n) is 9.16. The Morgan fingerprint density at radius 2 is 1.35 bits per heavy atom. The van der Waals surface area contributed by atoms with Crippen LogP contribution in [0.4, 0.5) is 0 Å². The molecule has 2 aromatic carbocycles. The van der Waals surface area contributed by atoms with E-state index >= 15 is 0 Å². The molecular weight excluding hydrogens is 464 g/mol. The van der Waals surface area contributed by atoms with Crippen molar-refractivity contribution in [3.8, 4) is 0 Å². The number of aliphatic carboxylic acids is 1. The van der Waals surface area contributed by atoms with Gasteiger partial charge in [0.05, 0.1) is 0 Å². The van der Waals surface area contributed by atoms with E-state index in [1.165, 1.54) is 34.7 Å². The molecule has 0 spiro atoms. The van der Waals surface area contributed by atoms with Gasteiger partial charge in [0, 0.05) is 60.0 Å². The summed E-state index contributed by atoms with van der Waals surface area (Å²) in [7, 11) is 0. The molecule has 4 rings (SSSR count). The Hall–Kier alpha value is -3.42. The molecule has 1 atom stereocenters. The molecule has 2 aromatic heterocycles. The van der Waals surface area contributed by atoms with Crippen LogP contribution in [0, 0.1) is 0 Å². The minimum Gasteiger partial charge on any atom is -0.481 e. The highest BCUT2D eigenvalue weighted by molar-refractivity contribution is 5.89. The number of nitrogens with one attached hydrogen (secondary N) is 2. The monoisotopic (exact) mass is 508 g/mol. The van der Waals surface area contributed by atoms with Gasteiger partial charge < -0.3 is 27.0 Å². The van der Waals surface area contributed by atoms with Crippen LogP contribution in [-0.4, -0.2) is 32.9 Å². The summed E-state index contributed by atoms with van der Waals surface area (Å²) in [6.07, 6.45) is 11.9. The van der Waals surface area contributed by atoms with Gasteiger partial charge in [-0.25, -0.2) is 0 Å². The first-order valence-corrected chi connectivity index (χ1v) is 12.9. The maximum atomic E-state index is 11.7. The third kappa shape index (κ3) is 11.0. The highest BCUT2D eigenvalue weighted by atomic mass is 16.4. The van der Waals surface area contributed by atoms with Crippen LogP contribution < -0.4 is 11.9 Å². The molecule has 7 heteroatoms. The number of carbonyl (C=O) groups excluding carboxylic acids is 1. The van der Waals surface area contributed by atoms with Gasteiger partial charge in [0.2, 0.25) is 0 Å². The Morgan fingerprint density at radius 3 is 1.89 bits per heavy atom. The fourth-order valence-corrected chi connectivity index (χ4v) is 4.10. The summed E-state index contributed by atoms with van der Waals surface area (Å²) < 4.78 is 0. The van der Waals surface area contributed by atoms with E-state index in [1.54, 1.807) is 0 Å². The van der Waals surface area contributed by atoms with Crippen molar-refractivity contribution in [1.82, 2.24) is 16.1 Å². The molecule has 0 bridgehead atoms. The quantitative estimate of drug-likeness (QED) is 0.157. The predicted molar refractivity (Wildman–Crippen MR) is 154 cm³/mol. The van der Waals surface area contributed by atoms with Crippen LogP contribution in [0.2, 0.25) is 0 Å². The molecule has 8 N–H and O–H groups in total. The molecule has 0 amide bonds. The number of unbranched alkanes of at least 4 members (excludes halogenated alkanes) is 2. The average Bonchev–Trinajstić information content (AvgIpc) is 3.46. The normalized spacial score (nSPS) is 11.0. The molecule has 0 radical (unpaired) electrons. The van der Waals surface area contributed by atoms with Crippen molar-refractivity contribution < 1.29 is 14.7 Å². The van der Waals surface area contributed by atoms with Crippen molar-refractivity contribution in [2.45, 2.75) is 78.2 Å². The molecule has 2 heterocycles. The van der Waals surface area contributed by atoms with Gasteiger partial charge in [0.25, 0.3) is 5.97 Å². The first-order valence-electron chi connectivity index (χ1n) is 12.9. The van der Waals surface area contributed by atoms with E-state index < -0.39 is 5.97 Å². The number of aromatic nitrogens is 2. The van der Waals surface area contributed by atoms with E-state index in [4.69, 9.17) is 15.6 Å². The van der Waals surface area contributed by atoms with Crippen molar-refractivity contribution in [2.75, 3.05) is 0 Å². The number of H-pyrrole nitrogens is 2. The summed E-state index contributed by atoms with van der Waals surface area (Å²) in [5.74, 6) is -0.494. The van der Waals surface area contributed by atoms with E-state index in [0.717, 1.165) is 43.7 Å². The van der Waals surface area contributed by atoms with Crippen LogP contribution in [0.3, 0.4) is 0 Å². The molecule has 7 nitrogen and oxygen atoms in total. The van der Waals surface area contributed by atoms with Crippen LogP contribution in [0.25, 0.3) is 21.8 Å². The number of hydrogen-bond donors (Lipinski definition) is 5. The minimum absolute atomic E-state index is 0. The van der Waals surface area contributed by atoms with Crippen LogP contribution in [0.5, 0.6) is 0 Å². The Labute approximate surface area is 220 Å². The van der Waals surface area contributed by atoms with Gasteiger partial charge in [-0.05, 0) is 42.5 Å². The first kappa shape index (κ1) is 31.6. The summed E-state index contributed by atoms with van der Waals surface area (Å²) in [6.45, 7) is 5.40. The topological polar surface area (TPSA) is 147 Å². The Bertz CT molecular complexity index is 1210. The standard InChI is InChI=1S/C14H20N2.C14H17NO.C2H4O2.H3N/c1-2-3-6-12(15)9-11-10-16-14-8-5-4-7-13(11)14;1-2-3-6-12(16)9-11-10-15-14-8-5-4-7-13(11)14;1-2(3)4;/h4-5,7-8,10,12,16H,2-3,6,9,15H2,1H3;4-5,7-8,10,15H,2-3,6,9H2,1H3;1H3,(H,3,4);1H3. The van der Waals surface area contributed by atoms with Crippen molar-refractivity contribution in [3.05, 3.63) is 72.1 Å². The van der Waals surface area contributed by atoms with Gasteiger partial charge in [-0.2, -0.15) is 0 Å². The summed E-state index contributed by atoms with van der Waals surface area (Å²) in [5, 5.41) is 9.90. The number of para-hydroxylation sites is 2. The molecule has 0 aliphatic heterocycles. The van der Waals surface area contributed by atoms with Crippen molar-refractivity contribution in [1.29, 1.82) is 0 Å². The van der Waals surface area contributed by atoms with Gasteiger partial charge in [-0.15, -0.1) is 0 Å². The number of benzene rings is 2. The molecule has 4 aromatic rings. The number of carboxylic acids is 1. The van der Waals surface area contributed by atoms with Crippen molar-refractivity contribution in [2.24, 2.45) is 5.73 Å². The van der Waals surface area contributed by atoms with Crippen molar-refractivity contribution in [3.63, 3.8) is 0 Å². The molecule has 0 saturated heterocycles. The van der Waals surface area contributed by atoms with E-state index in [-0.39, 0.29) is 6.15 Å². The average molecular weight is 509 g/mol. The van der Waals surface area contributed by atoms with Gasteiger partial charge >= 0.3 is 0 Å². The molecule has 0 aliphatic carbocycles. The molecule has 202 valence electrons. The maximum Gasteiger partial charge on any atom is 0.300 e. The Morgan fingerprint density at radius 1 is 0.865 bits per heavy atom. The number of nitrogens with two attached hydrogens (primary N) is 1. The molecular formula is C30H44N4O3. The number of hydrogen-bond acceptors (Lipinski definition) is 4. The molecule has 0 saturated carbocycles. The summed E-state index contributed by atoms with van der Waals surface area (Å²) in [5.41, 5.74) is 10.9. The van der Waals surface area contributed by atoms with E-state index in [1.807, 2.05) is 24.4 Å². The highest BCUT2D eigenvalue weighted by Crippen LogP contribution is 2.20. The lowest BCUT2D eigenvalue weighted by Crippen LogP contribution is -2.22. The number of carboxylic acid groups (broad SMARTS) is 1. The van der Waals surface area contributed by atoms with Crippen LogP contribution in [0.1, 0.15) is 70.4 Å². The zero-order valence-electron chi connectivity index (χ0n) is 22.6. The number of rotatable bonds is 10. The predicted octanol–water partition coefficient (Wildman–Crippen LogP) is 6.95. The van der Waals surface area contributed by atoms with Gasteiger partial charge in [-0.3, -0.25) is 9.59 Å². The lowest BCUT2D eigenvalue weighted by Gasteiger charge is -2.09. The van der Waals surface area contributed by atoms with E-state index in [2.05, 4.69) is 60.3 Å². The van der Waals surface area contributed by atoms with Gasteiger partial charge in [0.1, 0.15) is 5.78 Å². The largest absolute Gasteiger partial charge is 0.481 e. The maximum absolute atomic E-state index is 11.7. The smallest absolute Gasteiger partial charge is 0.300 e. The Kier molecular flexibility index (Phi) is 14.6. The summed E-state index contributed by atoms with van der Waals surface area (Å²) >= 11 is 0. The summed E-state index contributed by atoms with van der Waals surface area (Å²) in [4.78, 5) is 27.2. The molecule has 37 heavy (non-hydrogen) atoms. The lowest BCUT2D eigenvalue weighted by atomic mass is 10.0. The number of carbonyl (C=O) groups is 2. The van der Waals surface area contributed by atoms with Crippen molar-refractivity contribution >= 4 is 33.6 Å². The highest BCUT2D eigenvalue weighted by Gasteiger charge is 2.09. The van der Waals surface area contributed by atoms with Gasteiger partial charge in [-0.1, -0.05) is 69.5 Å². The number of aromatic amines is 2. The van der Waals surface area contributed by atoms with E-state index in [9.17, 15) is 4.79 Å². The number of Topliss-reactive ketones (excluding diaryl/α,β-unsaturated/α-hetero) is 1. The lowest BCUT2D eigenvalue weighted by molar-refractivity contribution is -0.134. The summed E-state index contributed by atoms with van der Waals surface area (Å²) in [6, 6.07) is 16.8. The van der Waals surface area contributed by atoms with Gasteiger partial charge in [0.15, 0.2) is 0 Å². The zero-order chi connectivity index (χ0) is 26.3. The fourth-order valence-electron chi connectivity index (χ4n) is 4.10. The third-order valence-electron chi connectivity index (χ3n) is 5.96. The number of fused-ring (bicyclic) bond motifs is 2. The molecule has 0 fully saturated rings. The second kappa shape index (κ2) is 17.1. The number of ketones is 1. The SMILES string of the molecule is CC(=O)O.CCCCC(=O)Cc1c[nH]c2ccccc12.CCCCC(N)Cc1c[nH]c2ccccc12.N. The second-order valence-corrected chi connectivity index (χ2v) is 9.16. The van der Waals surface area contributed by atoms with E-state index in [0.29, 0.717) is 24.7 Å². The van der Waals surface area contributed by atoms with Crippen LogP contribution in [0.15, 0.2) is 60.9 Å². The van der Waals surface area contributed by atoms with Crippen LogP contribution in [-0.2, 0) is 22.4 Å². The van der Waals surface area contributed by atoms with Crippen LogP contribution >= 0.6 is 0 Å². The molecule has 0 aliphatic rings. The first-order chi connectivity index (χ1) is 17.3. The minimum atomic E-state index is -0.833. The zero-order valence-corrected chi connectivity index (χ0v) is 22.6. The third-order valence-corrected chi connectivity index (χ3v) is 5.96. The Balaban J connectivity index is 0.000000316. The fraction of sp³-hybridized carbons (Fsp3) is 0.400. The molecule has 1 unspecified atom stereocenters.